The van der Waals surface area contributed by atoms with E-state index in [4.69, 9.17) is 0 Å². The molecule has 29 heavy (non-hydrogen) atoms. The Labute approximate surface area is 186 Å². The van der Waals surface area contributed by atoms with E-state index in [1.165, 1.54) is 11.8 Å². The molecule has 1 aliphatic heterocycles. The van der Waals surface area contributed by atoms with Crippen LogP contribution in [0.4, 0.5) is 18.9 Å². The van der Waals surface area contributed by atoms with Crippen molar-refractivity contribution in [3.05, 3.63) is 29.8 Å². The van der Waals surface area contributed by atoms with Crippen molar-refractivity contribution >= 4 is 45.6 Å². The monoisotopic (exact) mass is 549 g/mol. The molecule has 1 unspecified atom stereocenters. The Morgan fingerprint density at radius 3 is 2.31 bits per heavy atom. The third-order valence-corrected chi connectivity index (χ3v) is 5.19. The molecule has 7 nitrogen and oxygen atoms in total. The predicted octanol–water partition coefficient (Wildman–Crippen LogP) is 2.32. The number of para-hydroxylation sites is 1. The SMILES string of the molecule is CN=C(NCc1ccccc1NS(C)(=O)=O)N1CCN(C(C)C(F)(F)F)CC1.I. The van der Waals surface area contributed by atoms with E-state index >= 15 is 0 Å². The second-order valence-electron chi connectivity index (χ2n) is 6.67. The summed E-state index contributed by atoms with van der Waals surface area (Å²) in [5.41, 5.74) is 1.20. The topological polar surface area (TPSA) is 77.0 Å². The lowest BCUT2D eigenvalue weighted by atomic mass is 10.2. The van der Waals surface area contributed by atoms with Gasteiger partial charge in [-0.2, -0.15) is 13.2 Å². The summed E-state index contributed by atoms with van der Waals surface area (Å²) in [6.45, 7) is 2.91. The number of hydrogen-bond donors (Lipinski definition) is 2. The maximum absolute atomic E-state index is 12.9. The van der Waals surface area contributed by atoms with E-state index < -0.39 is 22.2 Å². The number of rotatable bonds is 5. The Bertz CT molecular complexity index is 797. The van der Waals surface area contributed by atoms with Crippen molar-refractivity contribution in [2.24, 2.45) is 4.99 Å². The summed E-state index contributed by atoms with van der Waals surface area (Å²) in [5, 5.41) is 3.16. The van der Waals surface area contributed by atoms with Crippen LogP contribution in [-0.2, 0) is 16.6 Å². The van der Waals surface area contributed by atoms with Crippen molar-refractivity contribution < 1.29 is 21.6 Å². The standard InChI is InChI=1S/C17H26F3N5O2S.HI/c1-13(17(18,19)20)24-8-10-25(11-9-24)16(21-2)22-12-14-6-4-5-7-15(14)23-28(3,26)27;/h4-7,13,23H,8-12H2,1-3H3,(H,21,22);1H. The van der Waals surface area contributed by atoms with Crippen LogP contribution in [0.15, 0.2) is 29.3 Å². The van der Waals surface area contributed by atoms with Gasteiger partial charge in [-0.1, -0.05) is 18.2 Å². The fourth-order valence-corrected chi connectivity index (χ4v) is 3.61. The molecule has 1 saturated heterocycles. The molecule has 0 bridgehead atoms. The number of anilines is 1. The fraction of sp³-hybridized carbons (Fsp3) is 0.588. The minimum atomic E-state index is -4.24. The first kappa shape index (κ1) is 25.8. The van der Waals surface area contributed by atoms with Crippen LogP contribution in [0.2, 0.25) is 0 Å². The Kier molecular flexibility index (Phi) is 9.47. The van der Waals surface area contributed by atoms with E-state index in [2.05, 4.69) is 15.0 Å². The summed E-state index contributed by atoms with van der Waals surface area (Å²) in [7, 11) is -1.80. The minimum absolute atomic E-state index is 0. The van der Waals surface area contributed by atoms with E-state index in [1.54, 1.807) is 31.3 Å². The van der Waals surface area contributed by atoms with Gasteiger partial charge in [0.2, 0.25) is 10.0 Å². The second kappa shape index (κ2) is 10.7. The van der Waals surface area contributed by atoms with Crippen LogP contribution in [0.25, 0.3) is 0 Å². The maximum Gasteiger partial charge on any atom is 0.403 e. The number of piperazine rings is 1. The average Bonchev–Trinajstić information content (AvgIpc) is 2.61. The van der Waals surface area contributed by atoms with Crippen molar-refractivity contribution in [1.29, 1.82) is 0 Å². The first-order chi connectivity index (χ1) is 13.0. The van der Waals surface area contributed by atoms with E-state index in [0.29, 0.717) is 31.3 Å². The molecule has 1 aromatic carbocycles. The van der Waals surface area contributed by atoms with E-state index in [-0.39, 0.29) is 37.1 Å². The molecule has 1 fully saturated rings. The van der Waals surface area contributed by atoms with Crippen LogP contribution >= 0.6 is 24.0 Å². The lowest BCUT2D eigenvalue weighted by Gasteiger charge is -2.39. The number of sulfonamides is 1. The highest BCUT2D eigenvalue weighted by Crippen LogP contribution is 2.25. The third-order valence-electron chi connectivity index (χ3n) is 4.60. The normalized spacial score (nSPS) is 17.4. The van der Waals surface area contributed by atoms with Crippen molar-refractivity contribution in [3.63, 3.8) is 0 Å². The molecule has 0 spiro atoms. The van der Waals surface area contributed by atoms with E-state index in [9.17, 15) is 21.6 Å². The number of nitrogens with one attached hydrogen (secondary N) is 2. The number of nitrogens with zero attached hydrogens (tertiary/aromatic N) is 3. The highest BCUT2D eigenvalue weighted by molar-refractivity contribution is 14.0. The highest BCUT2D eigenvalue weighted by Gasteiger charge is 2.41. The zero-order valence-electron chi connectivity index (χ0n) is 16.5. The number of halogens is 4. The number of benzene rings is 1. The van der Waals surface area contributed by atoms with Gasteiger partial charge in [-0.05, 0) is 18.6 Å². The Morgan fingerprint density at radius 2 is 1.79 bits per heavy atom. The van der Waals surface area contributed by atoms with Gasteiger partial charge in [-0.25, -0.2) is 8.42 Å². The molecule has 1 aromatic rings. The van der Waals surface area contributed by atoms with Gasteiger partial charge < -0.3 is 10.2 Å². The van der Waals surface area contributed by atoms with Gasteiger partial charge >= 0.3 is 6.18 Å². The molecule has 0 aliphatic carbocycles. The van der Waals surface area contributed by atoms with Gasteiger partial charge in [0.15, 0.2) is 5.96 Å². The van der Waals surface area contributed by atoms with Crippen LogP contribution in [0.3, 0.4) is 0 Å². The van der Waals surface area contributed by atoms with Crippen LogP contribution < -0.4 is 10.0 Å². The van der Waals surface area contributed by atoms with E-state index in [1.807, 2.05) is 4.90 Å². The second-order valence-corrected chi connectivity index (χ2v) is 8.42. The summed E-state index contributed by atoms with van der Waals surface area (Å²) in [4.78, 5) is 7.51. The fourth-order valence-electron chi connectivity index (χ4n) is 3.01. The molecule has 12 heteroatoms. The molecule has 2 rings (SSSR count). The summed E-state index contributed by atoms with van der Waals surface area (Å²) >= 11 is 0. The molecule has 0 saturated carbocycles. The lowest BCUT2D eigenvalue weighted by Crippen LogP contribution is -2.56. The largest absolute Gasteiger partial charge is 0.403 e. The molecule has 0 amide bonds. The molecule has 1 atom stereocenters. The maximum atomic E-state index is 12.9. The third kappa shape index (κ3) is 7.81. The van der Waals surface area contributed by atoms with Crippen molar-refractivity contribution in [1.82, 2.24) is 15.1 Å². The molecule has 2 N–H and O–H groups in total. The summed E-state index contributed by atoms with van der Waals surface area (Å²) in [6, 6.07) is 5.50. The van der Waals surface area contributed by atoms with Gasteiger partial charge in [-0.15, -0.1) is 24.0 Å². The minimum Gasteiger partial charge on any atom is -0.352 e. The Balaban J connectivity index is 0.00000420. The number of alkyl halides is 3. The molecule has 1 aliphatic rings. The van der Waals surface area contributed by atoms with Gasteiger partial charge in [0, 0.05) is 39.8 Å². The number of guanidine groups is 1. The molecule has 0 radical (unpaired) electrons. The van der Waals surface area contributed by atoms with Gasteiger partial charge in [-0.3, -0.25) is 14.6 Å². The van der Waals surface area contributed by atoms with Crippen LogP contribution in [0.1, 0.15) is 12.5 Å². The average molecular weight is 549 g/mol. The summed E-state index contributed by atoms with van der Waals surface area (Å²) in [5.74, 6) is 0.563. The Morgan fingerprint density at radius 1 is 1.21 bits per heavy atom. The highest BCUT2D eigenvalue weighted by atomic mass is 127. The Hall–Kier alpha value is -1.28. The van der Waals surface area contributed by atoms with Crippen LogP contribution in [0, 0.1) is 0 Å². The van der Waals surface area contributed by atoms with Gasteiger partial charge in [0.05, 0.1) is 11.9 Å². The van der Waals surface area contributed by atoms with Crippen LogP contribution in [-0.4, -0.2) is 75.9 Å². The molecule has 0 aromatic heterocycles. The van der Waals surface area contributed by atoms with Gasteiger partial charge in [0.1, 0.15) is 6.04 Å². The molecular formula is C17H27F3IN5O2S. The van der Waals surface area contributed by atoms with Crippen molar-refractivity contribution in [2.75, 3.05) is 44.2 Å². The van der Waals surface area contributed by atoms with Crippen LogP contribution in [0.5, 0.6) is 0 Å². The first-order valence-electron chi connectivity index (χ1n) is 8.83. The van der Waals surface area contributed by atoms with Crippen molar-refractivity contribution in [2.45, 2.75) is 25.7 Å². The molecule has 166 valence electrons. The molecule has 1 heterocycles. The quantitative estimate of drug-likeness (QED) is 0.335. The summed E-state index contributed by atoms with van der Waals surface area (Å²) < 4.78 is 64.1. The lowest BCUT2D eigenvalue weighted by molar-refractivity contribution is -0.181. The summed E-state index contributed by atoms with van der Waals surface area (Å²) in [6.07, 6.45) is -3.16. The number of hydrogen-bond acceptors (Lipinski definition) is 4. The molecular weight excluding hydrogens is 522 g/mol. The predicted molar refractivity (Wildman–Crippen MR) is 119 cm³/mol. The number of aliphatic imine (C=N–C) groups is 1. The smallest absolute Gasteiger partial charge is 0.352 e. The zero-order valence-corrected chi connectivity index (χ0v) is 19.7. The van der Waals surface area contributed by atoms with Crippen molar-refractivity contribution in [3.8, 4) is 0 Å². The van der Waals surface area contributed by atoms with Gasteiger partial charge in [0.25, 0.3) is 0 Å². The zero-order chi connectivity index (χ0) is 20.9. The van der Waals surface area contributed by atoms with E-state index in [0.717, 1.165) is 11.8 Å². The first-order valence-corrected chi connectivity index (χ1v) is 10.7.